The summed E-state index contributed by atoms with van der Waals surface area (Å²) in [6.07, 6.45) is 0. The second-order valence-corrected chi connectivity index (χ2v) is 8.06. The highest BCUT2D eigenvalue weighted by Crippen LogP contribution is 2.72. The van der Waals surface area contributed by atoms with Gasteiger partial charge in [-0.25, -0.2) is 0 Å². The van der Waals surface area contributed by atoms with Crippen molar-refractivity contribution in [2.75, 3.05) is 6.61 Å². The standard InChI is InChI=1S/C25H20O3/c26-14-19-22-16-10-4-5-11-17(16)23-21(15-8-2-1-3-9-15)18-12-6-7-13-20(18)25(22,23)28-24(19)27/h1-13,19,21-23,26H,14H2/t19-,21+,22-,23-,25?/m1/s1. The van der Waals surface area contributed by atoms with Crippen LogP contribution >= 0.6 is 0 Å². The summed E-state index contributed by atoms with van der Waals surface area (Å²) in [7, 11) is 0. The van der Waals surface area contributed by atoms with E-state index in [4.69, 9.17) is 4.74 Å². The molecule has 0 aromatic heterocycles. The van der Waals surface area contributed by atoms with Crippen LogP contribution in [0.1, 0.15) is 45.6 Å². The molecule has 6 rings (SSSR count). The molecule has 2 aliphatic carbocycles. The van der Waals surface area contributed by atoms with Crippen molar-refractivity contribution >= 4 is 5.97 Å². The molecule has 3 nitrogen and oxygen atoms in total. The van der Waals surface area contributed by atoms with Crippen molar-refractivity contribution in [1.82, 2.24) is 0 Å². The number of esters is 1. The van der Waals surface area contributed by atoms with Crippen molar-refractivity contribution in [2.24, 2.45) is 5.92 Å². The van der Waals surface area contributed by atoms with Crippen molar-refractivity contribution in [1.29, 1.82) is 0 Å². The van der Waals surface area contributed by atoms with E-state index in [1.165, 1.54) is 16.7 Å². The minimum atomic E-state index is -0.731. The Morgan fingerprint density at radius 3 is 2.11 bits per heavy atom. The average Bonchev–Trinajstić information content (AvgIpc) is 3.29. The predicted molar refractivity (Wildman–Crippen MR) is 105 cm³/mol. The molecule has 3 aromatic carbocycles. The molecule has 1 heterocycles. The summed E-state index contributed by atoms with van der Waals surface area (Å²) in [4.78, 5) is 12.8. The first-order valence-corrected chi connectivity index (χ1v) is 9.84. The summed E-state index contributed by atoms with van der Waals surface area (Å²) in [6.45, 7) is -0.190. The highest BCUT2D eigenvalue weighted by atomic mass is 16.6. The quantitative estimate of drug-likeness (QED) is 0.694. The summed E-state index contributed by atoms with van der Waals surface area (Å²) in [5.41, 5.74) is 5.21. The molecule has 0 bridgehead atoms. The lowest BCUT2D eigenvalue weighted by molar-refractivity contribution is -0.153. The molecule has 5 atom stereocenters. The maximum Gasteiger partial charge on any atom is 0.313 e. The molecule has 1 fully saturated rings. The van der Waals surface area contributed by atoms with Crippen LogP contribution in [-0.4, -0.2) is 17.7 Å². The molecule has 1 N–H and O–H groups in total. The number of ether oxygens (including phenoxy) is 1. The number of hydrogen-bond acceptors (Lipinski definition) is 3. The van der Waals surface area contributed by atoms with Gasteiger partial charge in [-0.1, -0.05) is 78.9 Å². The Balaban J connectivity index is 1.69. The van der Waals surface area contributed by atoms with Gasteiger partial charge in [-0.05, 0) is 22.3 Å². The van der Waals surface area contributed by atoms with E-state index in [-0.39, 0.29) is 30.3 Å². The summed E-state index contributed by atoms with van der Waals surface area (Å²) in [5.74, 6) is -0.812. The number of carbonyl (C=O) groups excluding carboxylic acids is 1. The van der Waals surface area contributed by atoms with E-state index < -0.39 is 11.5 Å². The van der Waals surface area contributed by atoms with E-state index in [1.54, 1.807) is 0 Å². The normalized spacial score (nSPS) is 31.7. The molecule has 1 saturated heterocycles. The molecule has 0 amide bonds. The van der Waals surface area contributed by atoms with Crippen LogP contribution in [0.4, 0.5) is 0 Å². The highest BCUT2D eigenvalue weighted by molar-refractivity contribution is 5.81. The van der Waals surface area contributed by atoms with Crippen LogP contribution < -0.4 is 0 Å². The number of rotatable bonds is 2. The van der Waals surface area contributed by atoms with Crippen LogP contribution in [0.3, 0.4) is 0 Å². The third kappa shape index (κ3) is 1.76. The van der Waals surface area contributed by atoms with Gasteiger partial charge in [0, 0.05) is 23.3 Å². The van der Waals surface area contributed by atoms with Crippen molar-refractivity contribution in [2.45, 2.75) is 23.4 Å². The van der Waals surface area contributed by atoms with Crippen LogP contribution in [-0.2, 0) is 15.1 Å². The van der Waals surface area contributed by atoms with Gasteiger partial charge in [0.15, 0.2) is 5.60 Å². The Morgan fingerprint density at radius 1 is 0.786 bits per heavy atom. The van der Waals surface area contributed by atoms with E-state index in [0.29, 0.717) is 0 Å². The zero-order valence-corrected chi connectivity index (χ0v) is 15.3. The van der Waals surface area contributed by atoms with Crippen molar-refractivity contribution < 1.29 is 14.6 Å². The molecule has 0 saturated carbocycles. The van der Waals surface area contributed by atoms with E-state index in [9.17, 15) is 9.90 Å². The molecular formula is C25H20O3. The molecule has 3 aliphatic rings. The molecular weight excluding hydrogens is 348 g/mol. The lowest BCUT2D eigenvalue weighted by Crippen LogP contribution is -2.31. The van der Waals surface area contributed by atoms with Gasteiger partial charge >= 0.3 is 5.97 Å². The molecule has 3 aromatic rings. The minimum absolute atomic E-state index is 0.0222. The number of benzene rings is 3. The Bertz CT molecular complexity index is 1090. The summed E-state index contributed by atoms with van der Waals surface area (Å²) >= 11 is 0. The number of aliphatic hydroxyl groups is 1. The van der Waals surface area contributed by atoms with Crippen LogP contribution in [0.15, 0.2) is 78.9 Å². The van der Waals surface area contributed by atoms with Gasteiger partial charge in [-0.2, -0.15) is 0 Å². The average molecular weight is 368 g/mol. The first-order valence-electron chi connectivity index (χ1n) is 9.84. The highest BCUT2D eigenvalue weighted by Gasteiger charge is 2.70. The fraction of sp³-hybridized carbons (Fsp3) is 0.240. The zero-order valence-electron chi connectivity index (χ0n) is 15.3. The monoisotopic (exact) mass is 368 g/mol. The first kappa shape index (κ1) is 16.1. The molecule has 1 unspecified atom stereocenters. The van der Waals surface area contributed by atoms with Crippen molar-refractivity contribution in [3.8, 4) is 0 Å². The molecule has 1 aliphatic heterocycles. The number of fused-ring (bicyclic) bond motifs is 4. The zero-order chi connectivity index (χ0) is 18.9. The van der Waals surface area contributed by atoms with Crippen LogP contribution in [0.25, 0.3) is 0 Å². The fourth-order valence-corrected chi connectivity index (χ4v) is 6.09. The number of hydrogen-bond donors (Lipinski definition) is 1. The van der Waals surface area contributed by atoms with Gasteiger partial charge in [-0.3, -0.25) is 4.79 Å². The Hall–Kier alpha value is -2.91. The smallest absolute Gasteiger partial charge is 0.313 e. The molecule has 3 heteroatoms. The molecule has 138 valence electrons. The minimum Gasteiger partial charge on any atom is -0.452 e. The number of aliphatic hydroxyl groups excluding tert-OH is 1. The van der Waals surface area contributed by atoms with Crippen LogP contribution in [0, 0.1) is 5.92 Å². The van der Waals surface area contributed by atoms with Gasteiger partial charge < -0.3 is 9.84 Å². The Morgan fingerprint density at radius 2 is 1.39 bits per heavy atom. The second-order valence-electron chi connectivity index (χ2n) is 8.06. The van der Waals surface area contributed by atoms with Gasteiger partial charge in [0.2, 0.25) is 0 Å². The van der Waals surface area contributed by atoms with Crippen LogP contribution in [0.5, 0.6) is 0 Å². The maximum atomic E-state index is 12.8. The van der Waals surface area contributed by atoms with Gasteiger partial charge in [-0.15, -0.1) is 0 Å². The SMILES string of the molecule is O=C1OC23c4ccccc4[C@H](c4ccccc4)[C@H]2c2ccccc2[C@@H]3[C@H]1CO. The molecule has 28 heavy (non-hydrogen) atoms. The van der Waals surface area contributed by atoms with Gasteiger partial charge in [0.1, 0.15) is 0 Å². The van der Waals surface area contributed by atoms with Crippen LogP contribution in [0.2, 0.25) is 0 Å². The van der Waals surface area contributed by atoms with Gasteiger partial charge in [0.25, 0.3) is 0 Å². The summed E-state index contributed by atoms with van der Waals surface area (Å²) in [6, 6.07) is 27.2. The van der Waals surface area contributed by atoms with E-state index in [2.05, 4.69) is 60.7 Å². The first-order chi connectivity index (χ1) is 13.8. The fourth-order valence-electron chi connectivity index (χ4n) is 6.09. The lowest BCUT2D eigenvalue weighted by atomic mass is 9.75. The topological polar surface area (TPSA) is 46.5 Å². The van der Waals surface area contributed by atoms with E-state index in [0.717, 1.165) is 11.1 Å². The van der Waals surface area contributed by atoms with E-state index >= 15 is 0 Å². The van der Waals surface area contributed by atoms with Crippen molar-refractivity contribution in [3.63, 3.8) is 0 Å². The third-order valence-electron chi connectivity index (χ3n) is 6.97. The van der Waals surface area contributed by atoms with Crippen molar-refractivity contribution in [3.05, 3.63) is 107 Å². The lowest BCUT2D eigenvalue weighted by Gasteiger charge is -2.31. The Labute approximate surface area is 163 Å². The predicted octanol–water partition coefficient (Wildman–Crippen LogP) is 4.07. The third-order valence-corrected chi connectivity index (χ3v) is 6.97. The molecule has 1 spiro atoms. The summed E-state index contributed by atoms with van der Waals surface area (Å²) in [5, 5.41) is 10.1. The Kier molecular flexibility index (Phi) is 3.19. The molecule has 0 radical (unpaired) electrons. The van der Waals surface area contributed by atoms with Gasteiger partial charge in [0.05, 0.1) is 12.5 Å². The number of carbonyl (C=O) groups is 1. The van der Waals surface area contributed by atoms with E-state index in [1.807, 2.05) is 18.2 Å². The largest absolute Gasteiger partial charge is 0.452 e. The second kappa shape index (κ2) is 5.55. The summed E-state index contributed by atoms with van der Waals surface area (Å²) < 4.78 is 6.26. The maximum absolute atomic E-state index is 12.8.